The highest BCUT2D eigenvalue weighted by atomic mass is 79.9. The fraction of sp³-hybridized carbons (Fsp3) is 0. The highest BCUT2D eigenvalue weighted by Crippen LogP contribution is 1.57. The van der Waals surface area contributed by atoms with Crippen molar-refractivity contribution in [3.8, 4) is 0 Å². The predicted octanol–water partition coefficient (Wildman–Crippen LogP) is 0.348. The van der Waals surface area contributed by atoms with Gasteiger partial charge in [-0.1, -0.05) is 0 Å². The quantitative estimate of drug-likeness (QED) is 0.621. The minimum atomic E-state index is -0.116. The third kappa shape index (κ3) is 1.88. The molecule has 0 saturated heterocycles. The Kier molecular flexibility index (Phi) is 3.10. The molecule has 1 aromatic heterocycles. The summed E-state index contributed by atoms with van der Waals surface area (Å²) in [7, 11) is 0. The van der Waals surface area contributed by atoms with E-state index < -0.39 is 0 Å². The molecule has 0 amide bonds. The van der Waals surface area contributed by atoms with E-state index in [-0.39, 0.29) is 22.5 Å². The zero-order valence-corrected chi connectivity index (χ0v) is 5.71. The van der Waals surface area contributed by atoms with Crippen LogP contribution in [0.2, 0.25) is 0 Å². The fourth-order valence-electron chi connectivity index (χ4n) is 0.303. The lowest BCUT2D eigenvalue weighted by molar-refractivity contribution is 1.12. The fourth-order valence-corrected chi connectivity index (χ4v) is 0.303. The van der Waals surface area contributed by atoms with Crippen molar-refractivity contribution in [2.75, 3.05) is 0 Å². The summed E-state index contributed by atoms with van der Waals surface area (Å²) in [4.78, 5) is 16.1. The number of halogens is 1. The molecule has 0 aliphatic carbocycles. The Morgan fingerprint density at radius 2 is 2.38 bits per heavy atom. The smallest absolute Gasteiger partial charge is 0.250 e. The molecule has 4 heteroatoms. The molecule has 0 radical (unpaired) electrons. The molecule has 1 heterocycles. The van der Waals surface area contributed by atoms with Crippen LogP contribution in [0.1, 0.15) is 0 Å². The van der Waals surface area contributed by atoms with Crippen LogP contribution >= 0.6 is 17.0 Å². The molecular weight excluding hydrogens is 172 g/mol. The molecular formula is C4H5BrN2O. The van der Waals surface area contributed by atoms with E-state index in [0.717, 1.165) is 0 Å². The van der Waals surface area contributed by atoms with E-state index in [9.17, 15) is 4.79 Å². The second-order valence-corrected chi connectivity index (χ2v) is 1.10. The van der Waals surface area contributed by atoms with Crippen LogP contribution in [0, 0.1) is 0 Å². The zero-order chi connectivity index (χ0) is 5.11. The van der Waals surface area contributed by atoms with Gasteiger partial charge in [0.2, 0.25) is 0 Å². The average molecular weight is 177 g/mol. The monoisotopic (exact) mass is 176 g/mol. The lowest BCUT2D eigenvalue weighted by atomic mass is 10.7. The van der Waals surface area contributed by atoms with Crippen LogP contribution in [-0.4, -0.2) is 9.97 Å². The van der Waals surface area contributed by atoms with Gasteiger partial charge in [-0.05, 0) is 0 Å². The van der Waals surface area contributed by atoms with Crippen LogP contribution in [-0.2, 0) is 0 Å². The first-order valence-electron chi connectivity index (χ1n) is 1.88. The van der Waals surface area contributed by atoms with E-state index in [1.165, 1.54) is 18.6 Å². The van der Waals surface area contributed by atoms with Gasteiger partial charge in [0.1, 0.15) is 0 Å². The van der Waals surface area contributed by atoms with Gasteiger partial charge in [0.25, 0.3) is 5.56 Å². The van der Waals surface area contributed by atoms with Gasteiger partial charge in [-0.25, -0.2) is 4.98 Å². The number of aromatic amines is 1. The Balaban J connectivity index is 0.000000490. The molecule has 0 aliphatic rings. The lowest BCUT2D eigenvalue weighted by Gasteiger charge is -1.73. The molecule has 44 valence electrons. The number of H-pyrrole nitrogens is 1. The minimum absolute atomic E-state index is 0. The molecule has 0 saturated carbocycles. The normalized spacial score (nSPS) is 7.50. The summed E-state index contributed by atoms with van der Waals surface area (Å²) in [5.41, 5.74) is -0.116. The largest absolute Gasteiger partial charge is 0.313 e. The molecule has 1 aromatic rings. The maximum absolute atomic E-state index is 10.2. The molecule has 0 fully saturated rings. The van der Waals surface area contributed by atoms with Crippen molar-refractivity contribution >= 4 is 17.0 Å². The van der Waals surface area contributed by atoms with Gasteiger partial charge in [0.05, 0.1) is 6.33 Å². The third-order valence-electron chi connectivity index (χ3n) is 0.593. The van der Waals surface area contributed by atoms with Gasteiger partial charge in [0, 0.05) is 12.3 Å². The summed E-state index contributed by atoms with van der Waals surface area (Å²) in [6, 6.07) is 1.36. The predicted molar refractivity (Wildman–Crippen MR) is 35.2 cm³/mol. The Morgan fingerprint density at radius 1 is 1.62 bits per heavy atom. The zero-order valence-electron chi connectivity index (χ0n) is 4.00. The number of rotatable bonds is 0. The van der Waals surface area contributed by atoms with E-state index >= 15 is 0 Å². The third-order valence-corrected chi connectivity index (χ3v) is 0.593. The first kappa shape index (κ1) is 7.36. The lowest BCUT2D eigenvalue weighted by Crippen LogP contribution is -2.00. The molecule has 0 spiro atoms. The van der Waals surface area contributed by atoms with Gasteiger partial charge < -0.3 is 4.98 Å². The van der Waals surface area contributed by atoms with Crippen molar-refractivity contribution < 1.29 is 0 Å². The molecule has 0 bridgehead atoms. The van der Waals surface area contributed by atoms with Crippen molar-refractivity contribution in [1.82, 2.24) is 9.97 Å². The molecule has 1 N–H and O–H groups in total. The van der Waals surface area contributed by atoms with Crippen LogP contribution in [0.5, 0.6) is 0 Å². The maximum Gasteiger partial charge on any atom is 0.250 e. The molecule has 0 aromatic carbocycles. The van der Waals surface area contributed by atoms with Crippen molar-refractivity contribution in [3.05, 3.63) is 28.9 Å². The van der Waals surface area contributed by atoms with Crippen LogP contribution < -0.4 is 5.56 Å². The SMILES string of the molecule is Br.O=c1ccnc[nH]1. The maximum atomic E-state index is 10.2. The topological polar surface area (TPSA) is 45.8 Å². The first-order valence-corrected chi connectivity index (χ1v) is 1.88. The van der Waals surface area contributed by atoms with Gasteiger partial charge >= 0.3 is 0 Å². The Hall–Kier alpha value is -0.640. The number of hydrogen-bond acceptors (Lipinski definition) is 2. The molecule has 0 aliphatic heterocycles. The standard InChI is InChI=1S/C4H4N2O.BrH/c7-4-1-2-5-3-6-4;/h1-3H,(H,5,6,7);1H. The van der Waals surface area contributed by atoms with Gasteiger partial charge in [-0.2, -0.15) is 0 Å². The van der Waals surface area contributed by atoms with Gasteiger partial charge in [-0.3, -0.25) is 4.79 Å². The van der Waals surface area contributed by atoms with Crippen molar-refractivity contribution in [1.29, 1.82) is 0 Å². The molecule has 8 heavy (non-hydrogen) atoms. The molecule has 0 atom stereocenters. The van der Waals surface area contributed by atoms with Gasteiger partial charge in [-0.15, -0.1) is 17.0 Å². The van der Waals surface area contributed by atoms with E-state index in [2.05, 4.69) is 9.97 Å². The Labute approximate surface area is 56.5 Å². The van der Waals surface area contributed by atoms with Crippen molar-refractivity contribution in [3.63, 3.8) is 0 Å². The highest BCUT2D eigenvalue weighted by Gasteiger charge is 1.70. The van der Waals surface area contributed by atoms with E-state index in [1.54, 1.807) is 0 Å². The molecule has 3 nitrogen and oxygen atoms in total. The molecule has 0 unspecified atom stereocenters. The second-order valence-electron chi connectivity index (χ2n) is 1.10. The summed E-state index contributed by atoms with van der Waals surface area (Å²) >= 11 is 0. The highest BCUT2D eigenvalue weighted by molar-refractivity contribution is 8.93. The first-order chi connectivity index (χ1) is 3.39. The molecule has 1 rings (SSSR count). The van der Waals surface area contributed by atoms with Crippen LogP contribution in [0.3, 0.4) is 0 Å². The van der Waals surface area contributed by atoms with Gasteiger partial charge in [0.15, 0.2) is 0 Å². The number of nitrogens with zero attached hydrogens (tertiary/aromatic N) is 1. The number of aromatic nitrogens is 2. The number of hydrogen-bond donors (Lipinski definition) is 1. The summed E-state index contributed by atoms with van der Waals surface area (Å²) in [6.45, 7) is 0. The summed E-state index contributed by atoms with van der Waals surface area (Å²) < 4.78 is 0. The second kappa shape index (κ2) is 3.37. The summed E-state index contributed by atoms with van der Waals surface area (Å²) in [5.74, 6) is 0. The van der Waals surface area contributed by atoms with E-state index in [4.69, 9.17) is 0 Å². The van der Waals surface area contributed by atoms with Crippen molar-refractivity contribution in [2.45, 2.75) is 0 Å². The Morgan fingerprint density at radius 3 is 2.62 bits per heavy atom. The summed E-state index contributed by atoms with van der Waals surface area (Å²) in [5, 5.41) is 0. The minimum Gasteiger partial charge on any atom is -0.313 e. The average Bonchev–Trinajstić information content (AvgIpc) is 1.69. The van der Waals surface area contributed by atoms with Crippen molar-refractivity contribution in [2.24, 2.45) is 0 Å². The number of nitrogens with one attached hydrogen (secondary N) is 1. The van der Waals surface area contributed by atoms with Crippen LogP contribution in [0.15, 0.2) is 23.4 Å². The van der Waals surface area contributed by atoms with E-state index in [1.807, 2.05) is 0 Å². The van der Waals surface area contributed by atoms with E-state index in [0.29, 0.717) is 0 Å². The summed E-state index contributed by atoms with van der Waals surface area (Å²) in [6.07, 6.45) is 2.79. The van der Waals surface area contributed by atoms with Crippen LogP contribution in [0.4, 0.5) is 0 Å². The van der Waals surface area contributed by atoms with Crippen LogP contribution in [0.25, 0.3) is 0 Å². The Bertz CT molecular complexity index is 180.